The molecular weight excluding hydrogens is 294 g/mol. The smallest absolute Gasteiger partial charge is 0.305 e. The van der Waals surface area contributed by atoms with Gasteiger partial charge in [-0.2, -0.15) is 5.10 Å². The fraction of sp³-hybridized carbons (Fsp3) is 0.538. The number of aliphatic carboxylic acids is 1. The van der Waals surface area contributed by atoms with Gasteiger partial charge in [0.25, 0.3) is 0 Å². The van der Waals surface area contributed by atoms with Crippen LogP contribution in [0.3, 0.4) is 0 Å². The van der Waals surface area contributed by atoms with E-state index in [-0.39, 0.29) is 17.9 Å². The van der Waals surface area contributed by atoms with Crippen molar-refractivity contribution in [1.29, 1.82) is 0 Å². The largest absolute Gasteiger partial charge is 0.481 e. The molecule has 0 aliphatic heterocycles. The molecule has 0 fully saturated rings. The predicted octanol–water partition coefficient (Wildman–Crippen LogP) is 1.22. The van der Waals surface area contributed by atoms with Gasteiger partial charge in [0.15, 0.2) is 0 Å². The number of hydrogen-bond donors (Lipinski definition) is 2. The number of carboxylic acid groups (broad SMARTS) is 1. The quantitative estimate of drug-likeness (QED) is 0.555. The van der Waals surface area contributed by atoms with Gasteiger partial charge < -0.3 is 5.11 Å². The Kier molecular flexibility index (Phi) is 6.10. The average molecular weight is 315 g/mol. The van der Waals surface area contributed by atoms with Gasteiger partial charge in [0.05, 0.1) is 24.4 Å². The van der Waals surface area contributed by atoms with E-state index in [1.54, 1.807) is 13.8 Å². The van der Waals surface area contributed by atoms with Crippen LogP contribution in [0.1, 0.15) is 31.2 Å². The van der Waals surface area contributed by atoms with Crippen molar-refractivity contribution in [2.75, 3.05) is 6.54 Å². The van der Waals surface area contributed by atoms with Gasteiger partial charge in [0, 0.05) is 6.54 Å². The molecule has 0 aliphatic rings. The second kappa shape index (κ2) is 7.37. The molecule has 7 nitrogen and oxygen atoms in total. The maximum Gasteiger partial charge on any atom is 0.305 e. The molecule has 0 aliphatic carbocycles. The number of carboxylic acids is 1. The van der Waals surface area contributed by atoms with Crippen LogP contribution in [0, 0.1) is 13.8 Å². The molecule has 2 N–H and O–H groups in total. The van der Waals surface area contributed by atoms with Gasteiger partial charge in [0.1, 0.15) is 4.90 Å². The van der Waals surface area contributed by atoms with Crippen molar-refractivity contribution in [3.8, 4) is 0 Å². The maximum absolute atomic E-state index is 12.3. The minimum Gasteiger partial charge on any atom is -0.481 e. The molecule has 1 aromatic heterocycles. The van der Waals surface area contributed by atoms with Crippen molar-refractivity contribution >= 4 is 16.0 Å². The molecule has 0 saturated carbocycles. The molecule has 21 heavy (non-hydrogen) atoms. The van der Waals surface area contributed by atoms with Gasteiger partial charge in [0.2, 0.25) is 10.0 Å². The van der Waals surface area contributed by atoms with Crippen molar-refractivity contribution in [3.63, 3.8) is 0 Å². The summed E-state index contributed by atoms with van der Waals surface area (Å²) in [5, 5.41) is 12.8. The molecule has 0 amide bonds. The Morgan fingerprint density at radius 3 is 2.67 bits per heavy atom. The molecule has 1 heterocycles. The van der Waals surface area contributed by atoms with E-state index in [0.29, 0.717) is 24.4 Å². The monoisotopic (exact) mass is 315 g/mol. The van der Waals surface area contributed by atoms with Gasteiger partial charge in [-0.25, -0.2) is 13.1 Å². The van der Waals surface area contributed by atoms with Crippen molar-refractivity contribution in [1.82, 2.24) is 14.5 Å². The Bertz CT molecular complexity index is 632. The van der Waals surface area contributed by atoms with E-state index in [4.69, 9.17) is 5.11 Å². The molecule has 0 aromatic carbocycles. The zero-order valence-corrected chi connectivity index (χ0v) is 13.3. The fourth-order valence-electron chi connectivity index (χ4n) is 2.00. The highest BCUT2D eigenvalue weighted by molar-refractivity contribution is 7.89. The Balaban J connectivity index is 2.93. The summed E-state index contributed by atoms with van der Waals surface area (Å²) in [5.41, 5.74) is 0.823. The molecule has 1 aromatic rings. The first-order valence-corrected chi connectivity index (χ1v) is 8.14. The standard InChI is InChI=1S/C13H21N3O4S/c1-4-5-6-8-14-21(19,20)13-10(2)15-16(11(13)3)9-7-12(17)18/h4-5,14H,6-9H2,1-3H3,(H,17,18)/b5-4+. The van der Waals surface area contributed by atoms with Gasteiger partial charge in [-0.05, 0) is 27.2 Å². The lowest BCUT2D eigenvalue weighted by molar-refractivity contribution is -0.137. The molecule has 0 radical (unpaired) electrons. The van der Waals surface area contributed by atoms with Crippen LogP contribution in [0.15, 0.2) is 17.0 Å². The molecular formula is C13H21N3O4S. The van der Waals surface area contributed by atoms with Crippen LogP contribution in [0.25, 0.3) is 0 Å². The van der Waals surface area contributed by atoms with Gasteiger partial charge in [-0.3, -0.25) is 9.48 Å². The van der Waals surface area contributed by atoms with Crippen LogP contribution in [-0.2, 0) is 21.4 Å². The van der Waals surface area contributed by atoms with E-state index in [9.17, 15) is 13.2 Å². The first-order valence-electron chi connectivity index (χ1n) is 6.66. The Hall–Kier alpha value is -1.67. The molecule has 0 atom stereocenters. The minimum absolute atomic E-state index is 0.101. The van der Waals surface area contributed by atoms with Gasteiger partial charge in [-0.1, -0.05) is 12.2 Å². The Morgan fingerprint density at radius 1 is 1.43 bits per heavy atom. The van der Waals surface area contributed by atoms with Crippen LogP contribution >= 0.6 is 0 Å². The summed E-state index contributed by atoms with van der Waals surface area (Å²) < 4.78 is 28.5. The van der Waals surface area contributed by atoms with Crippen molar-refractivity contribution in [3.05, 3.63) is 23.5 Å². The number of aryl methyl sites for hydroxylation is 2. The normalized spacial score (nSPS) is 12.1. The third-order valence-electron chi connectivity index (χ3n) is 2.96. The highest BCUT2D eigenvalue weighted by Gasteiger charge is 2.24. The van der Waals surface area contributed by atoms with Crippen molar-refractivity contribution in [2.24, 2.45) is 0 Å². The van der Waals surface area contributed by atoms with Crippen molar-refractivity contribution < 1.29 is 18.3 Å². The zero-order chi connectivity index (χ0) is 16.0. The summed E-state index contributed by atoms with van der Waals surface area (Å²) in [6.07, 6.45) is 4.24. The van der Waals surface area contributed by atoms with Gasteiger partial charge in [-0.15, -0.1) is 0 Å². The number of nitrogens with zero attached hydrogens (tertiary/aromatic N) is 2. The summed E-state index contributed by atoms with van der Waals surface area (Å²) in [7, 11) is -3.63. The molecule has 8 heteroatoms. The van der Waals surface area contributed by atoms with E-state index >= 15 is 0 Å². The number of sulfonamides is 1. The number of allylic oxidation sites excluding steroid dienone is 1. The summed E-state index contributed by atoms with van der Waals surface area (Å²) in [6.45, 7) is 5.56. The molecule has 0 unspecified atom stereocenters. The molecule has 0 spiro atoms. The topological polar surface area (TPSA) is 101 Å². The van der Waals surface area contributed by atoms with E-state index in [1.165, 1.54) is 4.68 Å². The number of carbonyl (C=O) groups is 1. The number of nitrogens with one attached hydrogen (secondary N) is 1. The fourth-order valence-corrected chi connectivity index (χ4v) is 3.46. The molecule has 118 valence electrons. The van der Waals surface area contributed by atoms with Crippen LogP contribution in [0.5, 0.6) is 0 Å². The summed E-state index contributed by atoms with van der Waals surface area (Å²) in [5.74, 6) is -0.948. The lowest BCUT2D eigenvalue weighted by Gasteiger charge is -2.06. The first kappa shape index (κ1) is 17.4. The van der Waals surface area contributed by atoms with Crippen LogP contribution in [0.2, 0.25) is 0 Å². The molecule has 0 bridgehead atoms. The van der Waals surface area contributed by atoms with E-state index < -0.39 is 16.0 Å². The maximum atomic E-state index is 12.3. The lowest BCUT2D eigenvalue weighted by atomic mass is 10.4. The van der Waals surface area contributed by atoms with E-state index in [2.05, 4.69) is 9.82 Å². The first-order chi connectivity index (χ1) is 9.79. The van der Waals surface area contributed by atoms with Crippen LogP contribution < -0.4 is 4.72 Å². The highest BCUT2D eigenvalue weighted by Crippen LogP contribution is 2.19. The lowest BCUT2D eigenvalue weighted by Crippen LogP contribution is -2.25. The summed E-state index contributed by atoms with van der Waals surface area (Å²) >= 11 is 0. The van der Waals surface area contributed by atoms with E-state index in [1.807, 2.05) is 19.1 Å². The number of hydrogen-bond acceptors (Lipinski definition) is 4. The summed E-state index contributed by atoms with van der Waals surface area (Å²) in [4.78, 5) is 10.7. The molecule has 0 saturated heterocycles. The SMILES string of the molecule is C/C=C/CCNS(=O)(=O)c1c(C)nn(CCC(=O)O)c1C. The number of rotatable bonds is 8. The average Bonchev–Trinajstić information content (AvgIpc) is 2.67. The third kappa shape index (κ3) is 4.68. The highest BCUT2D eigenvalue weighted by atomic mass is 32.2. The van der Waals surface area contributed by atoms with Gasteiger partial charge >= 0.3 is 5.97 Å². The van der Waals surface area contributed by atoms with E-state index in [0.717, 1.165) is 0 Å². The zero-order valence-electron chi connectivity index (χ0n) is 12.5. The van der Waals surface area contributed by atoms with Crippen molar-refractivity contribution in [2.45, 2.75) is 45.1 Å². The van der Waals surface area contributed by atoms with Crippen LogP contribution in [0.4, 0.5) is 0 Å². The number of aromatic nitrogens is 2. The second-order valence-corrected chi connectivity index (χ2v) is 6.33. The minimum atomic E-state index is -3.63. The Morgan fingerprint density at radius 2 is 2.10 bits per heavy atom. The second-order valence-electron chi connectivity index (χ2n) is 4.62. The third-order valence-corrected chi connectivity index (χ3v) is 4.67. The predicted molar refractivity (Wildman–Crippen MR) is 78.6 cm³/mol. The van der Waals surface area contributed by atoms with Crippen LogP contribution in [-0.4, -0.2) is 35.8 Å². The Labute approximate surface area is 124 Å². The summed E-state index contributed by atoms with van der Waals surface area (Å²) in [6, 6.07) is 0. The molecule has 1 rings (SSSR count).